The van der Waals surface area contributed by atoms with Crippen molar-refractivity contribution in [1.82, 2.24) is 5.32 Å². The smallest absolute Gasteiger partial charge is 0.460 e. The van der Waals surface area contributed by atoms with Gasteiger partial charge in [0.1, 0.15) is 55.4 Å². The van der Waals surface area contributed by atoms with Gasteiger partial charge in [-0.25, -0.2) is 0 Å². The van der Waals surface area contributed by atoms with E-state index in [1.54, 1.807) is 6.92 Å². The molecule has 0 aliphatic carbocycles. The van der Waals surface area contributed by atoms with Crippen LogP contribution in [0.15, 0.2) is 0 Å². The van der Waals surface area contributed by atoms with Crippen molar-refractivity contribution in [3.05, 3.63) is 0 Å². The molecule has 2 saturated heterocycles. The first-order valence-electron chi connectivity index (χ1n) is 20.6. The third-order valence-electron chi connectivity index (χ3n) is 10.4. The molecule has 0 radical (unpaired) electrons. The SMILES string of the molecule is CCCCC(=O)OCC(COCCCC(F)(F)C(F)(F)C(F)(F)C(F)(F)C(F)(F)C(F)(F)F)OC(=O)CCC(=O)NC(C)(CO[C@@H]1O[C@H](CO)[C@@H](O)[C@H](O)[C@H]1O)CO[C@@H]1O[C@H](CO)[C@@H](O)[C@H](O)[C@H]1O. The summed E-state index contributed by atoms with van der Waals surface area (Å²) in [6.45, 7) is -3.46. The number of carbonyl (C=O) groups is 3. The number of halogens is 13. The molecular weight excluding hydrogens is 993 g/mol. The van der Waals surface area contributed by atoms with Crippen LogP contribution in [0.4, 0.5) is 57.1 Å². The number of rotatable bonds is 28. The summed E-state index contributed by atoms with van der Waals surface area (Å²) in [5, 5.41) is 82.6. The molecule has 0 saturated carbocycles. The number of aliphatic hydroxyl groups excluding tert-OH is 8. The third kappa shape index (κ3) is 15.3. The summed E-state index contributed by atoms with van der Waals surface area (Å²) >= 11 is 0. The van der Waals surface area contributed by atoms with E-state index >= 15 is 0 Å². The van der Waals surface area contributed by atoms with Gasteiger partial charge in [0.2, 0.25) is 5.91 Å². The Morgan fingerprint density at radius 2 is 1.09 bits per heavy atom. The first-order chi connectivity index (χ1) is 31.6. The van der Waals surface area contributed by atoms with E-state index in [-0.39, 0.29) is 6.42 Å². The number of carbonyl (C=O) groups excluding carboxylic acids is 3. The van der Waals surface area contributed by atoms with Crippen molar-refractivity contribution in [2.24, 2.45) is 0 Å². The van der Waals surface area contributed by atoms with E-state index in [9.17, 15) is 112 Å². The fraction of sp³-hybridized carbons (Fsp3) is 0.919. The molecule has 1 amide bonds. The van der Waals surface area contributed by atoms with Crippen molar-refractivity contribution >= 4 is 17.8 Å². The fourth-order valence-electron chi connectivity index (χ4n) is 6.18. The molecule has 0 aromatic carbocycles. The number of hydrogen-bond donors (Lipinski definition) is 9. The Labute approximate surface area is 382 Å². The highest BCUT2D eigenvalue weighted by atomic mass is 19.4. The number of amides is 1. The monoisotopic (exact) mass is 1050 g/mol. The summed E-state index contributed by atoms with van der Waals surface area (Å²) in [7, 11) is 0. The summed E-state index contributed by atoms with van der Waals surface area (Å²) in [5.74, 6) is -41.1. The van der Waals surface area contributed by atoms with Crippen LogP contribution in [0.2, 0.25) is 0 Å². The van der Waals surface area contributed by atoms with Crippen LogP contribution in [-0.2, 0) is 47.5 Å². The van der Waals surface area contributed by atoms with Gasteiger partial charge in [0.25, 0.3) is 0 Å². The highest BCUT2D eigenvalue weighted by Gasteiger charge is 2.90. The van der Waals surface area contributed by atoms with E-state index in [0.29, 0.717) is 12.8 Å². The molecule has 0 aromatic rings. The zero-order valence-corrected chi connectivity index (χ0v) is 36.3. The number of aliphatic hydroxyl groups is 8. The van der Waals surface area contributed by atoms with E-state index in [2.05, 4.69) is 5.32 Å². The quantitative estimate of drug-likeness (QED) is 0.0292. The predicted octanol–water partition coefficient (Wildman–Crippen LogP) is 0.455. The molecule has 2 aliphatic rings. The molecular formula is C37H54F13NO18. The largest absolute Gasteiger partial charge is 0.462 e. The van der Waals surface area contributed by atoms with Gasteiger partial charge in [-0.05, 0) is 19.8 Å². The third-order valence-corrected chi connectivity index (χ3v) is 10.4. The standard InChI is InChI=1S/C37H54F13NO18/c1-3-4-6-21(55)64-14-17(13-63-10-5-9-32(38,39)33(40,41)34(42,43)35(44,45)36(46,47)37(48,49)50)67-22(56)8-7-20(54)51-31(2,15-65-29-27(61)25(59)23(57)18(11-52)68-29)16-66-30-28(62)26(60)24(58)19(12-53)69-30/h17-19,23-30,52-53,57-62H,3-16H2,1-2H3,(H,51,54)/t17?,18-,19-,23-,24-,25+,26+,27-,28-,29-,30-/m1/s1. The Kier molecular flexibility index (Phi) is 22.6. The molecule has 19 nitrogen and oxygen atoms in total. The Bertz CT molecular complexity index is 1590. The van der Waals surface area contributed by atoms with Crippen LogP contribution in [0.5, 0.6) is 0 Å². The van der Waals surface area contributed by atoms with Crippen LogP contribution in [0, 0.1) is 0 Å². The summed E-state index contributed by atoms with van der Waals surface area (Å²) in [4.78, 5) is 38.1. The van der Waals surface area contributed by atoms with Crippen molar-refractivity contribution < 1.29 is 145 Å². The van der Waals surface area contributed by atoms with Gasteiger partial charge < -0.3 is 79.3 Å². The van der Waals surface area contributed by atoms with Crippen molar-refractivity contribution in [3.63, 3.8) is 0 Å². The second kappa shape index (κ2) is 25.1. The number of nitrogens with one attached hydrogen (secondary N) is 1. The summed E-state index contributed by atoms with van der Waals surface area (Å²) < 4.78 is 211. The average molecular weight is 1050 g/mol. The van der Waals surface area contributed by atoms with Gasteiger partial charge in [0.05, 0.1) is 45.0 Å². The van der Waals surface area contributed by atoms with Gasteiger partial charge in [0, 0.05) is 25.9 Å². The molecule has 69 heavy (non-hydrogen) atoms. The summed E-state index contributed by atoms with van der Waals surface area (Å²) in [6, 6.07) is 0. The van der Waals surface area contributed by atoms with Crippen LogP contribution in [0.25, 0.3) is 0 Å². The number of ether oxygens (including phenoxy) is 7. The highest BCUT2D eigenvalue weighted by molar-refractivity contribution is 5.81. The second-order valence-electron chi connectivity index (χ2n) is 16.2. The van der Waals surface area contributed by atoms with Crippen molar-refractivity contribution in [1.29, 1.82) is 0 Å². The highest BCUT2D eigenvalue weighted by Crippen LogP contribution is 2.60. The molecule has 2 aliphatic heterocycles. The minimum absolute atomic E-state index is 0.182. The number of alkyl halides is 13. The molecule has 0 aromatic heterocycles. The Morgan fingerprint density at radius 1 is 0.609 bits per heavy atom. The maximum atomic E-state index is 14.2. The normalized spacial score (nSPS) is 27.2. The predicted molar refractivity (Wildman–Crippen MR) is 196 cm³/mol. The number of esters is 2. The molecule has 2 fully saturated rings. The molecule has 11 atom stereocenters. The van der Waals surface area contributed by atoms with Crippen LogP contribution in [0.1, 0.15) is 58.8 Å². The molecule has 2 heterocycles. The van der Waals surface area contributed by atoms with Gasteiger partial charge in [0.15, 0.2) is 18.7 Å². The summed E-state index contributed by atoms with van der Waals surface area (Å²) in [6.07, 6.45) is -32.3. The van der Waals surface area contributed by atoms with E-state index < -0.39 is 199 Å². The van der Waals surface area contributed by atoms with E-state index in [1.165, 1.54) is 6.92 Å². The van der Waals surface area contributed by atoms with Gasteiger partial charge in [-0.2, -0.15) is 57.1 Å². The molecule has 9 N–H and O–H groups in total. The van der Waals surface area contributed by atoms with Crippen LogP contribution >= 0.6 is 0 Å². The zero-order valence-electron chi connectivity index (χ0n) is 36.3. The Balaban J connectivity index is 2.16. The topological polar surface area (TPSA) is 290 Å². The molecule has 32 heteroatoms. The van der Waals surface area contributed by atoms with Gasteiger partial charge in [-0.3, -0.25) is 14.4 Å². The molecule has 1 unspecified atom stereocenters. The number of hydrogen-bond acceptors (Lipinski definition) is 18. The minimum atomic E-state index is -8.08. The van der Waals surface area contributed by atoms with E-state index in [0.717, 1.165) is 0 Å². The first kappa shape index (κ1) is 62.1. The van der Waals surface area contributed by atoms with Crippen molar-refractivity contribution in [2.45, 2.75) is 168 Å². The molecule has 2 rings (SSSR count). The second-order valence-corrected chi connectivity index (χ2v) is 16.2. The minimum Gasteiger partial charge on any atom is -0.462 e. The lowest BCUT2D eigenvalue weighted by atomic mass is 9.92. The maximum absolute atomic E-state index is 14.2. The fourth-order valence-corrected chi connectivity index (χ4v) is 6.18. The van der Waals surface area contributed by atoms with Crippen LogP contribution in [-0.4, -0.2) is 214 Å². The molecule has 406 valence electrons. The lowest BCUT2D eigenvalue weighted by molar-refractivity contribution is -0.440. The zero-order chi connectivity index (χ0) is 53.1. The van der Waals surface area contributed by atoms with Crippen molar-refractivity contribution in [2.75, 3.05) is 46.2 Å². The molecule has 0 bridgehead atoms. The van der Waals surface area contributed by atoms with Crippen LogP contribution < -0.4 is 5.32 Å². The Hall–Kier alpha value is -3.02. The first-order valence-corrected chi connectivity index (χ1v) is 20.6. The average Bonchev–Trinajstić information content (AvgIpc) is 3.26. The lowest BCUT2D eigenvalue weighted by Crippen LogP contribution is -2.70. The lowest BCUT2D eigenvalue weighted by Gasteiger charge is -2.42. The summed E-state index contributed by atoms with van der Waals surface area (Å²) in [5.41, 5.74) is -1.85. The maximum Gasteiger partial charge on any atom is 0.460 e. The van der Waals surface area contributed by atoms with Gasteiger partial charge in [-0.1, -0.05) is 13.3 Å². The van der Waals surface area contributed by atoms with Crippen molar-refractivity contribution in [3.8, 4) is 0 Å². The Morgan fingerprint density at radius 3 is 1.54 bits per heavy atom. The number of unbranched alkanes of at least 4 members (excludes halogenated alkanes) is 1. The van der Waals surface area contributed by atoms with E-state index in [1.807, 2.05) is 0 Å². The van der Waals surface area contributed by atoms with Gasteiger partial charge >= 0.3 is 47.7 Å². The van der Waals surface area contributed by atoms with Crippen LogP contribution in [0.3, 0.4) is 0 Å². The van der Waals surface area contributed by atoms with E-state index in [4.69, 9.17) is 33.2 Å². The van der Waals surface area contributed by atoms with Gasteiger partial charge in [-0.15, -0.1) is 0 Å². The molecule has 0 spiro atoms.